The molecule has 1 fully saturated rings. The molecule has 5 nitrogen and oxygen atoms in total. The summed E-state index contributed by atoms with van der Waals surface area (Å²) in [5, 5.41) is 3.02. The number of carbonyl (C=O) groups excluding carboxylic acids is 1. The second-order valence-electron chi connectivity index (χ2n) is 4.51. The van der Waals surface area contributed by atoms with Crippen LogP contribution in [-0.2, 0) is 4.79 Å². The Hall–Kier alpha value is -0.790. The number of aromatic nitrogens is 1. The van der Waals surface area contributed by atoms with Gasteiger partial charge in [0.05, 0.1) is 6.04 Å². The molecule has 0 saturated carbocycles. The second-order valence-corrected chi connectivity index (χ2v) is 6.37. The number of nitrogens with zero attached hydrogens (tertiary/aromatic N) is 3. The van der Waals surface area contributed by atoms with E-state index in [0.29, 0.717) is 0 Å². The lowest BCUT2D eigenvalue weighted by atomic mass is 10.2. The number of hydrogen-bond acceptors (Lipinski definition) is 6. The van der Waals surface area contributed by atoms with Gasteiger partial charge >= 0.3 is 0 Å². The van der Waals surface area contributed by atoms with E-state index in [0.717, 1.165) is 43.5 Å². The smallest absolute Gasteiger partial charge is 0.239 e. The standard InChI is InChI=1S/C12H20N4OS2/c1-18-8-2-10(13)11(17)15-4-6-16(7-5-15)12-14-3-9-19-12/h3,9-10H,2,4-8,13H2,1H3/t10-/m1/s1. The highest BCUT2D eigenvalue weighted by molar-refractivity contribution is 7.98. The number of thiazole rings is 1. The van der Waals surface area contributed by atoms with E-state index in [1.807, 2.05) is 22.7 Å². The molecular weight excluding hydrogens is 280 g/mol. The summed E-state index contributed by atoms with van der Waals surface area (Å²) in [6.45, 7) is 3.17. The Bertz CT molecular complexity index is 390. The summed E-state index contributed by atoms with van der Waals surface area (Å²) in [6, 6.07) is -0.348. The van der Waals surface area contributed by atoms with Crippen molar-refractivity contribution in [3.8, 4) is 0 Å². The largest absolute Gasteiger partial charge is 0.345 e. The van der Waals surface area contributed by atoms with Crippen LogP contribution in [-0.4, -0.2) is 60.0 Å². The fourth-order valence-electron chi connectivity index (χ4n) is 2.09. The number of piperazine rings is 1. The summed E-state index contributed by atoms with van der Waals surface area (Å²) >= 11 is 3.37. The molecule has 0 aromatic carbocycles. The van der Waals surface area contributed by atoms with Crippen LogP contribution in [0.15, 0.2) is 11.6 Å². The molecule has 1 aromatic heterocycles. The lowest BCUT2D eigenvalue weighted by Gasteiger charge is -2.35. The van der Waals surface area contributed by atoms with Crippen LogP contribution in [0.1, 0.15) is 6.42 Å². The molecule has 0 unspecified atom stereocenters. The molecule has 2 N–H and O–H groups in total. The maximum atomic E-state index is 12.2. The van der Waals surface area contributed by atoms with E-state index in [2.05, 4.69) is 9.88 Å². The fraction of sp³-hybridized carbons (Fsp3) is 0.667. The van der Waals surface area contributed by atoms with Crippen molar-refractivity contribution < 1.29 is 4.79 Å². The molecular formula is C12H20N4OS2. The number of carbonyl (C=O) groups is 1. The molecule has 0 radical (unpaired) electrons. The number of amides is 1. The highest BCUT2D eigenvalue weighted by Crippen LogP contribution is 2.19. The van der Waals surface area contributed by atoms with Crippen molar-refractivity contribution in [2.24, 2.45) is 5.73 Å². The summed E-state index contributed by atoms with van der Waals surface area (Å²) < 4.78 is 0. The van der Waals surface area contributed by atoms with Crippen LogP contribution >= 0.6 is 23.1 Å². The monoisotopic (exact) mass is 300 g/mol. The minimum absolute atomic E-state index is 0.0906. The van der Waals surface area contributed by atoms with E-state index >= 15 is 0 Å². The van der Waals surface area contributed by atoms with Crippen molar-refractivity contribution in [3.05, 3.63) is 11.6 Å². The lowest BCUT2D eigenvalue weighted by Crippen LogP contribution is -2.53. The van der Waals surface area contributed by atoms with Gasteiger partial charge < -0.3 is 15.5 Å². The Kier molecular flexibility index (Phi) is 5.47. The van der Waals surface area contributed by atoms with E-state index in [9.17, 15) is 4.79 Å². The molecule has 106 valence electrons. The minimum Gasteiger partial charge on any atom is -0.345 e. The van der Waals surface area contributed by atoms with Gasteiger partial charge in [-0.2, -0.15) is 11.8 Å². The van der Waals surface area contributed by atoms with Gasteiger partial charge in [-0.05, 0) is 18.4 Å². The van der Waals surface area contributed by atoms with Gasteiger partial charge in [0.1, 0.15) is 0 Å². The highest BCUT2D eigenvalue weighted by Gasteiger charge is 2.25. The molecule has 0 spiro atoms. The zero-order valence-electron chi connectivity index (χ0n) is 11.1. The quantitative estimate of drug-likeness (QED) is 0.874. The zero-order chi connectivity index (χ0) is 13.7. The summed E-state index contributed by atoms with van der Waals surface area (Å²) in [5.41, 5.74) is 5.93. The first-order chi connectivity index (χ1) is 9.22. The molecule has 1 aliphatic heterocycles. The van der Waals surface area contributed by atoms with Crippen molar-refractivity contribution in [2.45, 2.75) is 12.5 Å². The fourth-order valence-corrected chi connectivity index (χ4v) is 3.28. The Morgan fingerprint density at radius 3 is 2.84 bits per heavy atom. The normalized spacial score (nSPS) is 17.6. The van der Waals surface area contributed by atoms with E-state index in [1.54, 1.807) is 23.1 Å². The van der Waals surface area contributed by atoms with E-state index in [4.69, 9.17) is 5.73 Å². The van der Waals surface area contributed by atoms with Gasteiger partial charge in [0.25, 0.3) is 0 Å². The molecule has 1 aromatic rings. The van der Waals surface area contributed by atoms with Crippen molar-refractivity contribution in [2.75, 3.05) is 43.1 Å². The highest BCUT2D eigenvalue weighted by atomic mass is 32.2. The molecule has 1 saturated heterocycles. The van der Waals surface area contributed by atoms with Crippen molar-refractivity contribution >= 4 is 34.1 Å². The summed E-state index contributed by atoms with van der Waals surface area (Å²) in [4.78, 5) is 20.6. The first-order valence-electron chi connectivity index (χ1n) is 6.40. The van der Waals surface area contributed by atoms with Crippen molar-refractivity contribution in [1.82, 2.24) is 9.88 Å². The van der Waals surface area contributed by atoms with Crippen molar-refractivity contribution in [3.63, 3.8) is 0 Å². The van der Waals surface area contributed by atoms with Crippen LogP contribution in [0.5, 0.6) is 0 Å². The molecule has 1 aliphatic rings. The van der Waals surface area contributed by atoms with Gasteiger partial charge in [0, 0.05) is 37.8 Å². The number of thioether (sulfide) groups is 1. The number of hydrogen-bond donors (Lipinski definition) is 1. The van der Waals surface area contributed by atoms with Gasteiger partial charge in [0.15, 0.2) is 5.13 Å². The third kappa shape index (κ3) is 3.84. The zero-order valence-corrected chi connectivity index (χ0v) is 12.8. The second kappa shape index (κ2) is 7.12. The molecule has 1 atom stereocenters. The van der Waals surface area contributed by atoms with Crippen LogP contribution in [0, 0.1) is 0 Å². The molecule has 0 aliphatic carbocycles. The molecule has 0 bridgehead atoms. The van der Waals surface area contributed by atoms with Gasteiger partial charge in [-0.1, -0.05) is 0 Å². The predicted molar refractivity (Wildman–Crippen MR) is 81.9 cm³/mol. The van der Waals surface area contributed by atoms with Crippen LogP contribution in [0.2, 0.25) is 0 Å². The first kappa shape index (κ1) is 14.6. The SMILES string of the molecule is CSCC[C@@H](N)C(=O)N1CCN(c2nccs2)CC1. The van der Waals surface area contributed by atoms with Crippen LogP contribution < -0.4 is 10.6 Å². The minimum atomic E-state index is -0.348. The van der Waals surface area contributed by atoms with Gasteiger partial charge in [-0.25, -0.2) is 4.98 Å². The van der Waals surface area contributed by atoms with Crippen molar-refractivity contribution in [1.29, 1.82) is 0 Å². The number of nitrogens with two attached hydrogens (primary N) is 1. The molecule has 1 amide bonds. The predicted octanol–water partition coefficient (Wildman–Crippen LogP) is 0.872. The van der Waals surface area contributed by atoms with Gasteiger partial charge in [-0.15, -0.1) is 11.3 Å². The van der Waals surface area contributed by atoms with Crippen LogP contribution in [0.3, 0.4) is 0 Å². The average Bonchev–Trinajstić information content (AvgIpc) is 2.98. The van der Waals surface area contributed by atoms with Crippen LogP contribution in [0.4, 0.5) is 5.13 Å². The third-order valence-corrected chi connectivity index (χ3v) is 4.71. The van der Waals surface area contributed by atoms with E-state index in [-0.39, 0.29) is 11.9 Å². The maximum absolute atomic E-state index is 12.2. The Morgan fingerprint density at radius 1 is 1.53 bits per heavy atom. The Morgan fingerprint density at radius 2 is 2.26 bits per heavy atom. The maximum Gasteiger partial charge on any atom is 0.239 e. The lowest BCUT2D eigenvalue weighted by molar-refractivity contribution is -0.132. The third-order valence-electron chi connectivity index (χ3n) is 3.23. The van der Waals surface area contributed by atoms with Gasteiger partial charge in [-0.3, -0.25) is 4.79 Å². The summed E-state index contributed by atoms with van der Waals surface area (Å²) in [7, 11) is 0. The summed E-state index contributed by atoms with van der Waals surface area (Å²) in [5.74, 6) is 1.03. The summed E-state index contributed by atoms with van der Waals surface area (Å²) in [6.07, 6.45) is 4.60. The number of rotatable bonds is 5. The molecule has 2 rings (SSSR count). The molecule has 19 heavy (non-hydrogen) atoms. The molecule has 7 heteroatoms. The van der Waals surface area contributed by atoms with Gasteiger partial charge in [0.2, 0.25) is 5.91 Å². The van der Waals surface area contributed by atoms with E-state index in [1.165, 1.54) is 0 Å². The van der Waals surface area contributed by atoms with Crippen LogP contribution in [0.25, 0.3) is 0 Å². The Labute approximate surface area is 122 Å². The number of anilines is 1. The van der Waals surface area contributed by atoms with E-state index < -0.39 is 0 Å². The Balaban J connectivity index is 1.81. The first-order valence-corrected chi connectivity index (χ1v) is 8.67. The topological polar surface area (TPSA) is 62.5 Å². The molecule has 2 heterocycles. The average molecular weight is 300 g/mol.